The van der Waals surface area contributed by atoms with Gasteiger partial charge in [-0.3, -0.25) is 0 Å². The molecule has 2 rings (SSSR count). The van der Waals surface area contributed by atoms with Crippen molar-refractivity contribution in [3.8, 4) is 5.75 Å². The summed E-state index contributed by atoms with van der Waals surface area (Å²) >= 11 is 0. The number of nitrogens with two attached hydrogens (primary N) is 1. The highest BCUT2D eigenvalue weighted by Crippen LogP contribution is 2.34. The van der Waals surface area contributed by atoms with Crippen LogP contribution < -0.4 is 10.5 Å². The molecule has 0 heterocycles. The van der Waals surface area contributed by atoms with Gasteiger partial charge in [0, 0.05) is 5.54 Å². The van der Waals surface area contributed by atoms with Gasteiger partial charge in [-0.25, -0.2) is 0 Å². The zero-order chi connectivity index (χ0) is 16.0. The van der Waals surface area contributed by atoms with Crippen molar-refractivity contribution in [1.29, 1.82) is 0 Å². The Morgan fingerprint density at radius 2 is 1.91 bits per heavy atom. The van der Waals surface area contributed by atoms with Crippen LogP contribution in [0, 0.1) is 5.92 Å². The first kappa shape index (κ1) is 17.3. The van der Waals surface area contributed by atoms with Gasteiger partial charge in [0.15, 0.2) is 0 Å². The normalized spacial score (nSPS) is 19.7. The maximum atomic E-state index is 9.44. The summed E-state index contributed by atoms with van der Waals surface area (Å²) in [6.45, 7) is 5.01. The number of aliphatic hydroxyl groups is 1. The Kier molecular flexibility index (Phi) is 6.27. The van der Waals surface area contributed by atoms with E-state index in [1.54, 1.807) is 0 Å². The van der Waals surface area contributed by atoms with Crippen LogP contribution >= 0.6 is 0 Å². The fourth-order valence-electron chi connectivity index (χ4n) is 3.18. The third-order valence-corrected chi connectivity index (χ3v) is 4.90. The van der Waals surface area contributed by atoms with E-state index in [1.165, 1.54) is 36.8 Å². The molecule has 1 aromatic rings. The largest absolute Gasteiger partial charge is 0.494 e. The van der Waals surface area contributed by atoms with Crippen molar-refractivity contribution in [2.45, 2.75) is 64.3 Å². The van der Waals surface area contributed by atoms with Crippen LogP contribution in [0.25, 0.3) is 0 Å². The van der Waals surface area contributed by atoms with Crippen LogP contribution in [0.15, 0.2) is 18.2 Å². The van der Waals surface area contributed by atoms with Gasteiger partial charge in [-0.2, -0.15) is 0 Å². The molecule has 0 unspecified atom stereocenters. The smallest absolute Gasteiger partial charge is 0.119 e. The fraction of sp³-hybridized carbons (Fsp3) is 0.684. The van der Waals surface area contributed by atoms with E-state index in [1.807, 2.05) is 6.92 Å². The van der Waals surface area contributed by atoms with Gasteiger partial charge in [-0.15, -0.1) is 0 Å². The maximum Gasteiger partial charge on any atom is 0.119 e. The molecule has 0 aliphatic heterocycles. The van der Waals surface area contributed by atoms with Crippen LogP contribution in [0.4, 0.5) is 0 Å². The summed E-state index contributed by atoms with van der Waals surface area (Å²) in [7, 11) is 0. The van der Waals surface area contributed by atoms with Crippen molar-refractivity contribution in [3.05, 3.63) is 29.3 Å². The van der Waals surface area contributed by atoms with Crippen LogP contribution in [0.5, 0.6) is 5.75 Å². The predicted octanol–water partition coefficient (Wildman–Crippen LogP) is 3.46. The zero-order valence-corrected chi connectivity index (χ0v) is 14.1. The molecule has 0 aromatic heterocycles. The maximum absolute atomic E-state index is 9.44. The minimum absolute atomic E-state index is 0.0345. The van der Waals surface area contributed by atoms with E-state index in [0.717, 1.165) is 31.6 Å². The molecule has 0 radical (unpaired) electrons. The van der Waals surface area contributed by atoms with Gasteiger partial charge in [-0.1, -0.05) is 38.7 Å². The monoisotopic (exact) mass is 305 g/mol. The molecular weight excluding hydrogens is 274 g/mol. The molecule has 124 valence electrons. The number of ether oxygens (including phenoxy) is 1. The van der Waals surface area contributed by atoms with Crippen molar-refractivity contribution < 1.29 is 9.84 Å². The molecule has 0 saturated carbocycles. The van der Waals surface area contributed by atoms with Gasteiger partial charge >= 0.3 is 0 Å². The summed E-state index contributed by atoms with van der Waals surface area (Å²) in [5.41, 5.74) is 8.38. The summed E-state index contributed by atoms with van der Waals surface area (Å²) in [4.78, 5) is 0. The molecule has 3 nitrogen and oxygen atoms in total. The molecule has 0 bridgehead atoms. The number of aliphatic hydroxyl groups excluding tert-OH is 1. The average Bonchev–Trinajstić information content (AvgIpc) is 2.95. The lowest BCUT2D eigenvalue weighted by Crippen LogP contribution is -2.48. The van der Waals surface area contributed by atoms with Gasteiger partial charge in [0.1, 0.15) is 5.75 Å². The second kappa shape index (κ2) is 7.98. The molecule has 3 N–H and O–H groups in total. The molecule has 1 aliphatic rings. The first-order valence-corrected chi connectivity index (χ1v) is 8.71. The average molecular weight is 305 g/mol. The highest BCUT2D eigenvalue weighted by molar-refractivity contribution is 5.40. The Morgan fingerprint density at radius 3 is 2.64 bits per heavy atom. The topological polar surface area (TPSA) is 55.5 Å². The molecule has 1 aromatic carbocycles. The lowest BCUT2D eigenvalue weighted by atomic mass is 9.85. The molecule has 22 heavy (non-hydrogen) atoms. The van der Waals surface area contributed by atoms with Gasteiger partial charge in [0.2, 0.25) is 0 Å². The van der Waals surface area contributed by atoms with Crippen molar-refractivity contribution in [2.75, 3.05) is 13.2 Å². The summed E-state index contributed by atoms with van der Waals surface area (Å²) in [6.07, 6.45) is 8.19. The molecule has 2 atom stereocenters. The fourth-order valence-corrected chi connectivity index (χ4v) is 3.18. The molecule has 0 fully saturated rings. The van der Waals surface area contributed by atoms with E-state index in [9.17, 15) is 5.11 Å². The highest BCUT2D eigenvalue weighted by atomic mass is 16.5. The summed E-state index contributed by atoms with van der Waals surface area (Å²) < 4.78 is 5.88. The Labute approximate surface area is 134 Å². The van der Waals surface area contributed by atoms with Crippen LogP contribution in [0.1, 0.15) is 57.1 Å². The van der Waals surface area contributed by atoms with Gasteiger partial charge in [0.25, 0.3) is 0 Å². The molecule has 1 aliphatic carbocycles. The lowest BCUT2D eigenvalue weighted by molar-refractivity contribution is 0.158. The molecule has 0 amide bonds. The number of hydrogen-bond acceptors (Lipinski definition) is 3. The zero-order valence-electron chi connectivity index (χ0n) is 14.1. The van der Waals surface area contributed by atoms with Crippen LogP contribution in [-0.2, 0) is 12.8 Å². The van der Waals surface area contributed by atoms with E-state index in [0.29, 0.717) is 5.92 Å². The SMILES string of the molecule is CCCCCCCOc1ccc2c(c1)C[C@@H]([C@](C)(N)CO)C2. The number of hydrogen-bond donors (Lipinski definition) is 2. The van der Waals surface area contributed by atoms with Crippen LogP contribution in [-0.4, -0.2) is 23.9 Å². The summed E-state index contributed by atoms with van der Waals surface area (Å²) in [6, 6.07) is 6.39. The van der Waals surface area contributed by atoms with E-state index in [4.69, 9.17) is 10.5 Å². The number of unbranched alkanes of at least 4 members (excludes halogenated alkanes) is 4. The highest BCUT2D eigenvalue weighted by Gasteiger charge is 2.34. The van der Waals surface area contributed by atoms with Crippen molar-refractivity contribution >= 4 is 0 Å². The van der Waals surface area contributed by atoms with Gasteiger partial charge in [0.05, 0.1) is 13.2 Å². The summed E-state index contributed by atoms with van der Waals surface area (Å²) in [5, 5.41) is 9.44. The Balaban J connectivity index is 1.83. The van der Waals surface area contributed by atoms with Crippen molar-refractivity contribution in [2.24, 2.45) is 11.7 Å². The minimum Gasteiger partial charge on any atom is -0.494 e. The van der Waals surface area contributed by atoms with E-state index in [2.05, 4.69) is 25.1 Å². The third kappa shape index (κ3) is 4.47. The lowest BCUT2D eigenvalue weighted by Gasteiger charge is -2.28. The summed E-state index contributed by atoms with van der Waals surface area (Å²) in [5.74, 6) is 1.29. The van der Waals surface area contributed by atoms with Crippen LogP contribution in [0.2, 0.25) is 0 Å². The molecular formula is C19H31NO2. The Morgan fingerprint density at radius 1 is 1.18 bits per heavy atom. The van der Waals surface area contributed by atoms with E-state index >= 15 is 0 Å². The first-order chi connectivity index (χ1) is 10.6. The first-order valence-electron chi connectivity index (χ1n) is 8.71. The van der Waals surface area contributed by atoms with Crippen molar-refractivity contribution in [1.82, 2.24) is 0 Å². The second-order valence-electron chi connectivity index (χ2n) is 6.96. The number of benzene rings is 1. The second-order valence-corrected chi connectivity index (χ2v) is 6.96. The predicted molar refractivity (Wildman–Crippen MR) is 91.3 cm³/mol. The molecule has 0 saturated heterocycles. The van der Waals surface area contributed by atoms with Gasteiger partial charge in [-0.05, 0) is 55.4 Å². The number of rotatable bonds is 9. The van der Waals surface area contributed by atoms with Crippen molar-refractivity contribution in [3.63, 3.8) is 0 Å². The molecule has 3 heteroatoms. The van der Waals surface area contributed by atoms with E-state index in [-0.39, 0.29) is 6.61 Å². The molecule has 0 spiro atoms. The third-order valence-electron chi connectivity index (χ3n) is 4.90. The standard InChI is InChI=1S/C19H31NO2/c1-3-4-5-6-7-10-22-18-9-8-15-11-17(12-16(15)13-18)19(2,20)14-21/h8-9,13,17,21H,3-7,10-12,14,20H2,1-2H3/t17-,19+/m0/s1. The van der Waals surface area contributed by atoms with Crippen LogP contribution in [0.3, 0.4) is 0 Å². The quantitative estimate of drug-likeness (QED) is 0.687. The Bertz CT molecular complexity index is 471. The number of fused-ring (bicyclic) bond motifs is 1. The van der Waals surface area contributed by atoms with E-state index < -0.39 is 5.54 Å². The minimum atomic E-state index is -0.501. The Hall–Kier alpha value is -1.06. The van der Waals surface area contributed by atoms with Gasteiger partial charge < -0.3 is 15.6 Å².